The number of hydrogen-bond donors (Lipinski definition) is 1. The van der Waals surface area contributed by atoms with Gasteiger partial charge in [0.2, 0.25) is 12.7 Å². The fourth-order valence-electron chi connectivity index (χ4n) is 2.51. The third kappa shape index (κ3) is 2.36. The van der Waals surface area contributed by atoms with Crippen LogP contribution in [0, 0.1) is 0 Å². The molecule has 0 bridgehead atoms. The Kier molecular flexibility index (Phi) is 3.11. The minimum atomic E-state index is -0.493. The first-order valence-electron chi connectivity index (χ1n) is 7.23. The van der Waals surface area contributed by atoms with Gasteiger partial charge < -0.3 is 14.8 Å². The number of nitrogens with zero attached hydrogens (tertiary/aromatic N) is 3. The molecule has 0 spiro atoms. The predicted octanol–water partition coefficient (Wildman–Crippen LogP) is 2.36. The van der Waals surface area contributed by atoms with Crippen LogP contribution in [0.25, 0.3) is 11.0 Å². The molecule has 23 heavy (non-hydrogen) atoms. The molecule has 0 unspecified atom stereocenters. The summed E-state index contributed by atoms with van der Waals surface area (Å²) in [7, 11) is 0. The first kappa shape index (κ1) is 13.6. The van der Waals surface area contributed by atoms with Gasteiger partial charge in [-0.1, -0.05) is 17.3 Å². The van der Waals surface area contributed by atoms with Crippen LogP contribution in [0.15, 0.2) is 42.5 Å². The van der Waals surface area contributed by atoms with E-state index in [0.717, 1.165) is 11.0 Å². The van der Waals surface area contributed by atoms with E-state index in [4.69, 9.17) is 9.47 Å². The number of ether oxygens (including phenoxy) is 2. The number of fused-ring (bicyclic) bond motifs is 2. The van der Waals surface area contributed by atoms with Crippen molar-refractivity contribution < 1.29 is 14.3 Å². The summed E-state index contributed by atoms with van der Waals surface area (Å²) in [6.07, 6.45) is 0. The molecular formula is C16H14N4O3. The zero-order valence-corrected chi connectivity index (χ0v) is 12.4. The molecule has 1 atom stereocenters. The van der Waals surface area contributed by atoms with E-state index in [1.807, 2.05) is 24.3 Å². The van der Waals surface area contributed by atoms with Gasteiger partial charge in [-0.3, -0.25) is 4.79 Å². The molecule has 0 radical (unpaired) electrons. The van der Waals surface area contributed by atoms with Crippen molar-refractivity contribution in [1.29, 1.82) is 0 Å². The lowest BCUT2D eigenvalue weighted by molar-refractivity contribution is -0.119. The normalized spacial score (nSPS) is 14.0. The lowest BCUT2D eigenvalue weighted by Crippen LogP contribution is -2.24. The van der Waals surface area contributed by atoms with Crippen molar-refractivity contribution in [3.63, 3.8) is 0 Å². The number of para-hydroxylation sites is 1. The van der Waals surface area contributed by atoms with Crippen LogP contribution in [0.3, 0.4) is 0 Å². The zero-order chi connectivity index (χ0) is 15.8. The quantitative estimate of drug-likeness (QED) is 0.803. The minimum Gasteiger partial charge on any atom is -0.454 e. The van der Waals surface area contributed by atoms with Crippen molar-refractivity contribution in [3.8, 4) is 11.5 Å². The third-order valence-electron chi connectivity index (χ3n) is 3.76. The number of benzene rings is 2. The molecule has 0 saturated carbocycles. The summed E-state index contributed by atoms with van der Waals surface area (Å²) < 4.78 is 12.2. The largest absolute Gasteiger partial charge is 0.454 e. The highest BCUT2D eigenvalue weighted by atomic mass is 16.7. The first-order chi connectivity index (χ1) is 11.2. The number of aromatic nitrogens is 3. The summed E-state index contributed by atoms with van der Waals surface area (Å²) in [5.41, 5.74) is 2.23. The molecule has 0 saturated heterocycles. The molecule has 1 N–H and O–H groups in total. The molecule has 2 heterocycles. The fraction of sp³-hybridized carbons (Fsp3) is 0.188. The van der Waals surface area contributed by atoms with Crippen LogP contribution in [-0.2, 0) is 4.79 Å². The molecular weight excluding hydrogens is 296 g/mol. The molecule has 1 aliphatic rings. The minimum absolute atomic E-state index is 0.181. The molecule has 4 rings (SSSR count). The molecule has 7 nitrogen and oxygen atoms in total. The van der Waals surface area contributed by atoms with Crippen LogP contribution in [-0.4, -0.2) is 27.7 Å². The Bertz CT molecular complexity index is 890. The van der Waals surface area contributed by atoms with Crippen molar-refractivity contribution in [1.82, 2.24) is 15.0 Å². The number of hydrogen-bond acceptors (Lipinski definition) is 5. The molecule has 2 aromatic carbocycles. The number of anilines is 1. The highest BCUT2D eigenvalue weighted by Crippen LogP contribution is 2.34. The zero-order valence-electron chi connectivity index (χ0n) is 12.4. The predicted molar refractivity (Wildman–Crippen MR) is 83.4 cm³/mol. The number of rotatable bonds is 3. The second kappa shape index (κ2) is 5.28. The van der Waals surface area contributed by atoms with E-state index >= 15 is 0 Å². The van der Waals surface area contributed by atoms with E-state index in [9.17, 15) is 4.79 Å². The van der Waals surface area contributed by atoms with E-state index < -0.39 is 6.04 Å². The van der Waals surface area contributed by atoms with Crippen molar-refractivity contribution in [2.75, 3.05) is 12.1 Å². The number of carbonyl (C=O) groups is 1. The van der Waals surface area contributed by atoms with Crippen LogP contribution in [0.5, 0.6) is 11.5 Å². The summed E-state index contributed by atoms with van der Waals surface area (Å²) in [5.74, 6) is 1.12. The van der Waals surface area contributed by atoms with E-state index in [-0.39, 0.29) is 12.7 Å². The topological polar surface area (TPSA) is 78.3 Å². The molecule has 1 amide bonds. The van der Waals surface area contributed by atoms with Crippen molar-refractivity contribution in [2.24, 2.45) is 0 Å². The smallest absolute Gasteiger partial charge is 0.249 e. The average Bonchev–Trinajstić information content (AvgIpc) is 3.20. The monoisotopic (exact) mass is 310 g/mol. The maximum Gasteiger partial charge on any atom is 0.249 e. The Balaban J connectivity index is 1.57. The average molecular weight is 310 g/mol. The highest BCUT2D eigenvalue weighted by Gasteiger charge is 2.20. The van der Waals surface area contributed by atoms with Gasteiger partial charge in [-0.15, -0.1) is 5.10 Å². The van der Waals surface area contributed by atoms with Gasteiger partial charge in [0, 0.05) is 11.8 Å². The molecule has 7 heteroatoms. The van der Waals surface area contributed by atoms with Crippen LogP contribution in [0.4, 0.5) is 5.69 Å². The lowest BCUT2D eigenvalue weighted by atomic mass is 10.2. The van der Waals surface area contributed by atoms with E-state index in [1.54, 1.807) is 29.8 Å². The van der Waals surface area contributed by atoms with Gasteiger partial charge in [0.15, 0.2) is 11.5 Å². The Morgan fingerprint density at radius 2 is 2.04 bits per heavy atom. The van der Waals surface area contributed by atoms with Crippen LogP contribution >= 0.6 is 0 Å². The van der Waals surface area contributed by atoms with Gasteiger partial charge in [0.25, 0.3) is 0 Å². The molecule has 1 aliphatic heterocycles. The summed E-state index contributed by atoms with van der Waals surface area (Å²) in [6.45, 7) is 1.98. The third-order valence-corrected chi connectivity index (χ3v) is 3.76. The van der Waals surface area contributed by atoms with Crippen molar-refractivity contribution in [3.05, 3.63) is 42.5 Å². The molecule has 1 aromatic heterocycles. The van der Waals surface area contributed by atoms with Gasteiger partial charge in [0.1, 0.15) is 11.6 Å². The molecule has 0 fully saturated rings. The van der Waals surface area contributed by atoms with Gasteiger partial charge in [-0.25, -0.2) is 4.68 Å². The summed E-state index contributed by atoms with van der Waals surface area (Å²) in [4.78, 5) is 12.5. The number of nitrogens with one attached hydrogen (secondary N) is 1. The van der Waals surface area contributed by atoms with Crippen molar-refractivity contribution in [2.45, 2.75) is 13.0 Å². The van der Waals surface area contributed by atoms with Crippen LogP contribution in [0.2, 0.25) is 0 Å². The molecule has 3 aromatic rings. The number of amides is 1. The van der Waals surface area contributed by atoms with Gasteiger partial charge >= 0.3 is 0 Å². The van der Waals surface area contributed by atoms with Crippen molar-refractivity contribution >= 4 is 22.6 Å². The molecule has 116 valence electrons. The maximum atomic E-state index is 12.5. The van der Waals surface area contributed by atoms with E-state index in [2.05, 4.69) is 15.6 Å². The Morgan fingerprint density at radius 1 is 1.22 bits per heavy atom. The summed E-state index contributed by atoms with van der Waals surface area (Å²) in [6, 6.07) is 12.3. The van der Waals surface area contributed by atoms with Gasteiger partial charge in [-0.05, 0) is 31.2 Å². The van der Waals surface area contributed by atoms with Gasteiger partial charge in [-0.2, -0.15) is 0 Å². The summed E-state index contributed by atoms with van der Waals surface area (Å²) in [5, 5.41) is 11.0. The number of carbonyl (C=O) groups excluding carboxylic acids is 1. The highest BCUT2D eigenvalue weighted by molar-refractivity contribution is 5.94. The van der Waals surface area contributed by atoms with E-state index in [1.165, 1.54) is 0 Å². The fourth-order valence-corrected chi connectivity index (χ4v) is 2.51. The SMILES string of the molecule is C[C@@H](C(=O)Nc1ccc2c(c1)OCO2)n1nnc2ccccc21. The maximum absolute atomic E-state index is 12.5. The van der Waals surface area contributed by atoms with Crippen LogP contribution < -0.4 is 14.8 Å². The molecule has 0 aliphatic carbocycles. The van der Waals surface area contributed by atoms with E-state index in [0.29, 0.717) is 17.2 Å². The summed E-state index contributed by atoms with van der Waals surface area (Å²) >= 11 is 0. The lowest BCUT2D eigenvalue weighted by Gasteiger charge is -2.13. The first-order valence-corrected chi connectivity index (χ1v) is 7.23. The standard InChI is InChI=1S/C16H14N4O3/c1-10(20-13-5-3-2-4-12(13)18-19-20)16(21)17-11-6-7-14-15(8-11)23-9-22-14/h2-8,10H,9H2,1H3,(H,17,21)/t10-/m0/s1. The second-order valence-corrected chi connectivity index (χ2v) is 5.26. The Labute approximate surface area is 131 Å². The Hall–Kier alpha value is -3.09. The van der Waals surface area contributed by atoms with Gasteiger partial charge in [0.05, 0.1) is 5.52 Å². The van der Waals surface area contributed by atoms with Crippen LogP contribution in [0.1, 0.15) is 13.0 Å². The second-order valence-electron chi connectivity index (χ2n) is 5.26. The Morgan fingerprint density at radius 3 is 2.96 bits per heavy atom.